The van der Waals surface area contributed by atoms with Crippen LogP contribution in [-0.2, 0) is 0 Å². The topological polar surface area (TPSA) is 52.0 Å². The second-order valence-electron chi connectivity index (χ2n) is 4.37. The van der Waals surface area contributed by atoms with Crippen molar-refractivity contribution in [3.8, 4) is 22.3 Å². The molecule has 1 aliphatic rings. The van der Waals surface area contributed by atoms with E-state index in [2.05, 4.69) is 25.1 Å². The summed E-state index contributed by atoms with van der Waals surface area (Å²) in [4.78, 5) is 0. The molecular formula is C14H14N2. The Morgan fingerprint density at radius 3 is 1.94 bits per heavy atom. The van der Waals surface area contributed by atoms with Crippen molar-refractivity contribution in [3.63, 3.8) is 0 Å². The smallest absolute Gasteiger partial charge is 0.0636 e. The molecule has 0 aliphatic heterocycles. The zero-order valence-corrected chi connectivity index (χ0v) is 9.46. The van der Waals surface area contributed by atoms with Gasteiger partial charge in [0, 0.05) is 5.56 Å². The van der Waals surface area contributed by atoms with E-state index >= 15 is 0 Å². The van der Waals surface area contributed by atoms with Gasteiger partial charge in [0.25, 0.3) is 0 Å². The fraction of sp³-hybridized carbons (Fsp3) is 0.143. The number of rotatable bonds is 0. The predicted molar refractivity (Wildman–Crippen MR) is 69.2 cm³/mol. The maximum Gasteiger partial charge on any atom is 0.0636 e. The fourth-order valence-electron chi connectivity index (χ4n) is 2.52. The molecule has 0 bridgehead atoms. The van der Waals surface area contributed by atoms with Crippen LogP contribution in [0.25, 0.3) is 22.3 Å². The average molecular weight is 210 g/mol. The van der Waals surface area contributed by atoms with Crippen LogP contribution in [0, 0.1) is 13.8 Å². The molecule has 0 amide bonds. The summed E-state index contributed by atoms with van der Waals surface area (Å²) in [7, 11) is 0. The third-order valence-electron chi connectivity index (χ3n) is 3.62. The maximum absolute atomic E-state index is 6.09. The van der Waals surface area contributed by atoms with Gasteiger partial charge in [0.05, 0.1) is 11.4 Å². The van der Waals surface area contributed by atoms with E-state index in [1.165, 1.54) is 22.3 Å². The van der Waals surface area contributed by atoms with Gasteiger partial charge >= 0.3 is 0 Å². The highest BCUT2D eigenvalue weighted by Gasteiger charge is 2.28. The molecule has 0 atom stereocenters. The summed E-state index contributed by atoms with van der Waals surface area (Å²) >= 11 is 0. The number of hydrogen-bond acceptors (Lipinski definition) is 2. The lowest BCUT2D eigenvalue weighted by Gasteiger charge is -2.29. The van der Waals surface area contributed by atoms with Crippen LogP contribution in [-0.4, -0.2) is 0 Å². The normalized spacial score (nSPS) is 11.6. The van der Waals surface area contributed by atoms with Crippen LogP contribution >= 0.6 is 0 Å². The lowest BCUT2D eigenvalue weighted by molar-refractivity contribution is 1.32. The molecule has 0 saturated heterocycles. The van der Waals surface area contributed by atoms with E-state index in [1.807, 2.05) is 13.0 Å². The van der Waals surface area contributed by atoms with E-state index in [4.69, 9.17) is 11.5 Å². The van der Waals surface area contributed by atoms with E-state index in [0.717, 1.165) is 22.5 Å². The maximum atomic E-state index is 6.09. The van der Waals surface area contributed by atoms with Gasteiger partial charge in [0.2, 0.25) is 0 Å². The second-order valence-corrected chi connectivity index (χ2v) is 4.37. The quantitative estimate of drug-likeness (QED) is 0.560. The number of anilines is 2. The molecule has 0 saturated carbocycles. The van der Waals surface area contributed by atoms with Crippen LogP contribution in [0.2, 0.25) is 0 Å². The highest BCUT2D eigenvalue weighted by molar-refractivity contribution is 6.11. The van der Waals surface area contributed by atoms with E-state index in [1.54, 1.807) is 0 Å². The zero-order chi connectivity index (χ0) is 11.4. The summed E-state index contributed by atoms with van der Waals surface area (Å²) < 4.78 is 0. The minimum Gasteiger partial charge on any atom is -0.397 e. The van der Waals surface area contributed by atoms with E-state index in [0.29, 0.717) is 0 Å². The van der Waals surface area contributed by atoms with Gasteiger partial charge in [-0.15, -0.1) is 0 Å². The summed E-state index contributed by atoms with van der Waals surface area (Å²) in [5.41, 5.74) is 20.9. The van der Waals surface area contributed by atoms with Gasteiger partial charge in [-0.2, -0.15) is 0 Å². The zero-order valence-electron chi connectivity index (χ0n) is 9.46. The van der Waals surface area contributed by atoms with E-state index in [-0.39, 0.29) is 0 Å². The van der Waals surface area contributed by atoms with Gasteiger partial charge in [0.1, 0.15) is 0 Å². The molecule has 0 unspecified atom stereocenters. The van der Waals surface area contributed by atoms with Gasteiger partial charge in [0.15, 0.2) is 0 Å². The molecule has 0 aromatic heterocycles. The third-order valence-corrected chi connectivity index (χ3v) is 3.62. The first kappa shape index (κ1) is 9.28. The fourth-order valence-corrected chi connectivity index (χ4v) is 2.52. The molecule has 0 radical (unpaired) electrons. The minimum atomic E-state index is 0.728. The highest BCUT2D eigenvalue weighted by Crippen LogP contribution is 2.54. The van der Waals surface area contributed by atoms with Crippen molar-refractivity contribution < 1.29 is 0 Å². The Bertz CT molecular complexity index is 559. The van der Waals surface area contributed by atoms with Crippen molar-refractivity contribution >= 4 is 11.4 Å². The lowest BCUT2D eigenvalue weighted by Crippen LogP contribution is -2.10. The van der Waals surface area contributed by atoms with Crippen molar-refractivity contribution in [2.45, 2.75) is 13.8 Å². The Morgan fingerprint density at radius 2 is 1.31 bits per heavy atom. The first-order valence-corrected chi connectivity index (χ1v) is 5.40. The Morgan fingerprint density at radius 1 is 0.750 bits per heavy atom. The minimum absolute atomic E-state index is 0.728. The van der Waals surface area contributed by atoms with Gasteiger partial charge < -0.3 is 11.5 Å². The largest absolute Gasteiger partial charge is 0.397 e. The summed E-state index contributed by atoms with van der Waals surface area (Å²) in [6.45, 7) is 4.14. The summed E-state index contributed by atoms with van der Waals surface area (Å²) in [5, 5.41) is 0. The second kappa shape index (κ2) is 2.79. The highest BCUT2D eigenvalue weighted by atomic mass is 14.7. The van der Waals surface area contributed by atoms with Crippen molar-refractivity contribution in [2.24, 2.45) is 0 Å². The molecule has 0 heterocycles. The molecule has 2 aromatic rings. The monoisotopic (exact) mass is 210 g/mol. The van der Waals surface area contributed by atoms with Crippen LogP contribution < -0.4 is 11.5 Å². The predicted octanol–water partition coefficient (Wildman–Crippen LogP) is 3.12. The van der Waals surface area contributed by atoms with Crippen molar-refractivity contribution in [1.82, 2.24) is 0 Å². The van der Waals surface area contributed by atoms with Gasteiger partial charge in [-0.3, -0.25) is 0 Å². The SMILES string of the molecule is Cc1c(C)c2c(c(N)c1N)-c1ccccc1-2. The Labute approximate surface area is 94.9 Å². The Balaban J connectivity index is 2.41. The molecule has 1 aliphatic carbocycles. The van der Waals surface area contributed by atoms with Crippen LogP contribution in [0.1, 0.15) is 11.1 Å². The van der Waals surface area contributed by atoms with Crippen molar-refractivity contribution in [3.05, 3.63) is 35.4 Å². The Kier molecular flexibility index (Phi) is 1.62. The van der Waals surface area contributed by atoms with Gasteiger partial charge in [-0.1, -0.05) is 24.3 Å². The van der Waals surface area contributed by atoms with Crippen LogP contribution in [0.3, 0.4) is 0 Å². The number of nitrogens with two attached hydrogens (primary N) is 2. The standard InChI is InChI=1S/C14H14N2/c1-7-8(2)13(15)14(16)12-10-6-4-3-5-9(10)11(7)12/h3-6H,15-16H2,1-2H3. The molecule has 80 valence electrons. The first-order chi connectivity index (χ1) is 7.63. The molecule has 3 rings (SSSR count). The van der Waals surface area contributed by atoms with Crippen LogP contribution in [0.4, 0.5) is 11.4 Å². The third kappa shape index (κ3) is 0.871. The average Bonchev–Trinajstić information content (AvgIpc) is 2.27. The summed E-state index contributed by atoms with van der Waals surface area (Å²) in [6.07, 6.45) is 0. The summed E-state index contributed by atoms with van der Waals surface area (Å²) in [6, 6.07) is 8.33. The molecular weight excluding hydrogens is 196 g/mol. The Hall–Kier alpha value is -1.96. The number of benzene rings is 2. The van der Waals surface area contributed by atoms with Gasteiger partial charge in [-0.25, -0.2) is 0 Å². The van der Waals surface area contributed by atoms with Gasteiger partial charge in [-0.05, 0) is 41.7 Å². The molecule has 0 fully saturated rings. The van der Waals surface area contributed by atoms with E-state index in [9.17, 15) is 0 Å². The molecule has 4 N–H and O–H groups in total. The molecule has 2 heteroatoms. The van der Waals surface area contributed by atoms with Crippen molar-refractivity contribution in [1.29, 1.82) is 0 Å². The van der Waals surface area contributed by atoms with Crippen LogP contribution in [0.15, 0.2) is 24.3 Å². The molecule has 2 aromatic carbocycles. The lowest BCUT2D eigenvalue weighted by atomic mass is 9.75. The number of nitrogen functional groups attached to an aromatic ring is 2. The van der Waals surface area contributed by atoms with Crippen LogP contribution in [0.5, 0.6) is 0 Å². The molecule has 0 spiro atoms. The molecule has 2 nitrogen and oxygen atoms in total. The summed E-state index contributed by atoms with van der Waals surface area (Å²) in [5.74, 6) is 0. The van der Waals surface area contributed by atoms with E-state index < -0.39 is 0 Å². The van der Waals surface area contributed by atoms with Crippen molar-refractivity contribution in [2.75, 3.05) is 11.5 Å². The molecule has 16 heavy (non-hydrogen) atoms. The first-order valence-electron chi connectivity index (χ1n) is 5.40. The number of hydrogen-bond donors (Lipinski definition) is 2. The number of fused-ring (bicyclic) bond motifs is 4.